The predicted molar refractivity (Wildman–Crippen MR) is 120 cm³/mol. The van der Waals surface area contributed by atoms with Crippen molar-refractivity contribution in [3.05, 3.63) is 66.1 Å². The molecule has 3 rings (SSSR count). The van der Waals surface area contributed by atoms with Crippen LogP contribution in [0.1, 0.15) is 18.3 Å². The van der Waals surface area contributed by atoms with Crippen LogP contribution in [0.3, 0.4) is 0 Å². The Kier molecular flexibility index (Phi) is 8.66. The molecule has 0 spiro atoms. The van der Waals surface area contributed by atoms with Crippen molar-refractivity contribution in [3.63, 3.8) is 0 Å². The summed E-state index contributed by atoms with van der Waals surface area (Å²) < 4.78 is 1.89. The Morgan fingerprint density at radius 2 is 1.82 bits per heavy atom. The number of halogens is 1. The predicted octanol–water partition coefficient (Wildman–Crippen LogP) is 1.72. The van der Waals surface area contributed by atoms with Crippen molar-refractivity contribution in [2.75, 3.05) is 13.1 Å². The maximum Gasteiger partial charge on any atom is 0.239 e. The first-order valence-electron chi connectivity index (χ1n) is 8.87. The molecular formula is C19H24IN7O. The summed E-state index contributed by atoms with van der Waals surface area (Å²) in [5.41, 5.74) is 1.84. The first-order chi connectivity index (χ1) is 13.3. The SMILES string of the molecule is CCNC(=NCc1nnc2ccccn12)NCC(=O)NCc1ccccc1.I. The van der Waals surface area contributed by atoms with Crippen LogP contribution in [-0.2, 0) is 17.9 Å². The summed E-state index contributed by atoms with van der Waals surface area (Å²) in [4.78, 5) is 16.5. The largest absolute Gasteiger partial charge is 0.357 e. The standard InChI is InChI=1S/C19H23N7O.HI/c1-2-20-19(22-13-17-25-24-16-10-6-7-11-26(16)17)23-14-18(27)21-12-15-8-4-3-5-9-15;/h3-11H,2,12-14H2,1H3,(H,21,27)(H2,20,22,23);1H. The van der Waals surface area contributed by atoms with Crippen LogP contribution in [0.2, 0.25) is 0 Å². The van der Waals surface area contributed by atoms with Gasteiger partial charge in [-0.25, -0.2) is 4.99 Å². The van der Waals surface area contributed by atoms with Gasteiger partial charge in [-0.15, -0.1) is 34.2 Å². The molecule has 0 aliphatic rings. The fraction of sp³-hybridized carbons (Fsp3) is 0.263. The number of pyridine rings is 1. The minimum atomic E-state index is -0.0996. The lowest BCUT2D eigenvalue weighted by atomic mass is 10.2. The van der Waals surface area contributed by atoms with Gasteiger partial charge in [-0.1, -0.05) is 36.4 Å². The van der Waals surface area contributed by atoms with Crippen LogP contribution in [-0.4, -0.2) is 39.6 Å². The molecule has 3 N–H and O–H groups in total. The summed E-state index contributed by atoms with van der Waals surface area (Å²) in [7, 11) is 0. The van der Waals surface area contributed by atoms with Crippen LogP contribution in [0, 0.1) is 0 Å². The fourth-order valence-corrected chi connectivity index (χ4v) is 2.51. The molecule has 0 unspecified atom stereocenters. The lowest BCUT2D eigenvalue weighted by molar-refractivity contribution is -0.120. The molecule has 3 aromatic rings. The Balaban J connectivity index is 0.00000280. The van der Waals surface area contributed by atoms with E-state index >= 15 is 0 Å². The Morgan fingerprint density at radius 3 is 2.61 bits per heavy atom. The second kappa shape index (κ2) is 11.2. The number of rotatable bonds is 7. The summed E-state index contributed by atoms with van der Waals surface area (Å²) in [5.74, 6) is 1.19. The van der Waals surface area contributed by atoms with E-state index in [2.05, 4.69) is 31.1 Å². The van der Waals surface area contributed by atoms with E-state index in [1.807, 2.05) is 66.1 Å². The van der Waals surface area contributed by atoms with E-state index in [1.54, 1.807) is 0 Å². The molecule has 0 fully saturated rings. The van der Waals surface area contributed by atoms with Gasteiger partial charge in [0, 0.05) is 19.3 Å². The molecule has 148 valence electrons. The van der Waals surface area contributed by atoms with Crippen LogP contribution in [0.15, 0.2) is 59.7 Å². The van der Waals surface area contributed by atoms with E-state index in [0.717, 1.165) is 17.0 Å². The molecule has 0 aliphatic carbocycles. The molecule has 2 heterocycles. The highest BCUT2D eigenvalue weighted by Crippen LogP contribution is 2.03. The molecule has 9 heteroatoms. The van der Waals surface area contributed by atoms with Gasteiger partial charge in [0.05, 0.1) is 6.54 Å². The lowest BCUT2D eigenvalue weighted by Crippen LogP contribution is -2.43. The third-order valence-electron chi connectivity index (χ3n) is 3.86. The molecule has 0 radical (unpaired) electrons. The number of hydrogen-bond donors (Lipinski definition) is 3. The van der Waals surface area contributed by atoms with Gasteiger partial charge in [-0.05, 0) is 24.6 Å². The summed E-state index contributed by atoms with van der Waals surface area (Å²) in [6.07, 6.45) is 1.90. The molecule has 1 amide bonds. The van der Waals surface area contributed by atoms with E-state index < -0.39 is 0 Å². The second-order valence-electron chi connectivity index (χ2n) is 5.86. The monoisotopic (exact) mass is 493 g/mol. The summed E-state index contributed by atoms with van der Waals surface area (Å²) in [6.45, 7) is 3.66. The Labute approximate surface area is 180 Å². The van der Waals surface area contributed by atoms with Gasteiger partial charge in [0.1, 0.15) is 6.54 Å². The first-order valence-corrected chi connectivity index (χ1v) is 8.87. The lowest BCUT2D eigenvalue weighted by Gasteiger charge is -2.11. The Morgan fingerprint density at radius 1 is 1.04 bits per heavy atom. The number of guanidine groups is 1. The molecule has 28 heavy (non-hydrogen) atoms. The average molecular weight is 493 g/mol. The van der Waals surface area contributed by atoms with Gasteiger partial charge in [-0.2, -0.15) is 0 Å². The topological polar surface area (TPSA) is 95.7 Å². The van der Waals surface area contributed by atoms with Crippen molar-refractivity contribution in [1.29, 1.82) is 0 Å². The second-order valence-corrected chi connectivity index (χ2v) is 5.86. The van der Waals surface area contributed by atoms with Crippen molar-refractivity contribution in [2.24, 2.45) is 4.99 Å². The highest BCUT2D eigenvalue weighted by Gasteiger charge is 2.06. The molecule has 2 aromatic heterocycles. The molecule has 0 saturated heterocycles. The molecule has 1 aromatic carbocycles. The van der Waals surface area contributed by atoms with E-state index in [0.29, 0.717) is 25.6 Å². The molecule has 8 nitrogen and oxygen atoms in total. The summed E-state index contributed by atoms with van der Waals surface area (Å²) in [6, 6.07) is 15.5. The van der Waals surface area contributed by atoms with Crippen molar-refractivity contribution in [1.82, 2.24) is 30.5 Å². The number of aliphatic imine (C=N–C) groups is 1. The van der Waals surface area contributed by atoms with E-state index in [4.69, 9.17) is 0 Å². The first kappa shape index (κ1) is 21.6. The summed E-state index contributed by atoms with van der Waals surface area (Å²) in [5, 5.41) is 17.3. The van der Waals surface area contributed by atoms with Crippen LogP contribution in [0.5, 0.6) is 0 Å². The zero-order valence-electron chi connectivity index (χ0n) is 15.6. The van der Waals surface area contributed by atoms with Crippen molar-refractivity contribution < 1.29 is 4.79 Å². The quantitative estimate of drug-likeness (QED) is 0.265. The highest BCUT2D eigenvalue weighted by molar-refractivity contribution is 14.0. The van der Waals surface area contributed by atoms with Crippen LogP contribution in [0.4, 0.5) is 0 Å². The molecule has 0 atom stereocenters. The van der Waals surface area contributed by atoms with Crippen LogP contribution < -0.4 is 16.0 Å². The van der Waals surface area contributed by atoms with E-state index in [9.17, 15) is 4.79 Å². The van der Waals surface area contributed by atoms with Crippen molar-refractivity contribution in [2.45, 2.75) is 20.0 Å². The minimum absolute atomic E-state index is 0. The summed E-state index contributed by atoms with van der Waals surface area (Å²) >= 11 is 0. The van der Waals surface area contributed by atoms with Crippen molar-refractivity contribution in [3.8, 4) is 0 Å². The number of nitrogens with zero attached hydrogens (tertiary/aromatic N) is 4. The van der Waals surface area contributed by atoms with Gasteiger partial charge in [0.2, 0.25) is 5.91 Å². The number of amides is 1. The van der Waals surface area contributed by atoms with Gasteiger partial charge >= 0.3 is 0 Å². The molecule has 0 saturated carbocycles. The zero-order valence-corrected chi connectivity index (χ0v) is 18.0. The van der Waals surface area contributed by atoms with Gasteiger partial charge in [0.15, 0.2) is 17.4 Å². The number of benzene rings is 1. The smallest absolute Gasteiger partial charge is 0.239 e. The number of aromatic nitrogens is 3. The number of carbonyl (C=O) groups excluding carboxylic acids is 1. The highest BCUT2D eigenvalue weighted by atomic mass is 127. The number of fused-ring (bicyclic) bond motifs is 1. The van der Waals surface area contributed by atoms with Crippen LogP contribution in [0.25, 0.3) is 5.65 Å². The third-order valence-corrected chi connectivity index (χ3v) is 3.86. The maximum absolute atomic E-state index is 12.0. The van der Waals surface area contributed by atoms with Crippen molar-refractivity contribution >= 4 is 41.5 Å². The fourth-order valence-electron chi connectivity index (χ4n) is 2.51. The zero-order chi connectivity index (χ0) is 18.9. The van der Waals surface area contributed by atoms with E-state index in [1.165, 1.54) is 0 Å². The minimum Gasteiger partial charge on any atom is -0.357 e. The van der Waals surface area contributed by atoms with Gasteiger partial charge < -0.3 is 16.0 Å². The number of carbonyl (C=O) groups is 1. The van der Waals surface area contributed by atoms with Gasteiger partial charge in [-0.3, -0.25) is 9.20 Å². The number of hydrogen-bond acceptors (Lipinski definition) is 4. The van der Waals surface area contributed by atoms with E-state index in [-0.39, 0.29) is 36.4 Å². The van der Waals surface area contributed by atoms with Crippen LogP contribution >= 0.6 is 24.0 Å². The maximum atomic E-state index is 12.0. The Bertz CT molecular complexity index is 911. The molecular weight excluding hydrogens is 469 g/mol. The normalized spacial score (nSPS) is 11.0. The molecule has 0 bridgehead atoms. The number of nitrogens with one attached hydrogen (secondary N) is 3. The third kappa shape index (κ3) is 6.19. The van der Waals surface area contributed by atoms with Gasteiger partial charge in [0.25, 0.3) is 0 Å². The Hall–Kier alpha value is -2.69. The average Bonchev–Trinajstić information content (AvgIpc) is 3.12. The molecule has 0 aliphatic heterocycles.